The minimum absolute atomic E-state index is 0.104. The maximum Gasteiger partial charge on any atom is 0.220 e. The fourth-order valence-corrected chi connectivity index (χ4v) is 4.02. The summed E-state index contributed by atoms with van der Waals surface area (Å²) in [5, 5.41) is 2.67. The van der Waals surface area contributed by atoms with Crippen LogP contribution >= 0.6 is 0 Å². The van der Waals surface area contributed by atoms with Crippen LogP contribution in [0.15, 0.2) is 51.8 Å². The summed E-state index contributed by atoms with van der Waals surface area (Å²) in [6.45, 7) is 2.31. The van der Waals surface area contributed by atoms with Crippen LogP contribution in [0.5, 0.6) is 0 Å². The summed E-state index contributed by atoms with van der Waals surface area (Å²) in [7, 11) is -3.36. The molecular weight excluding hydrogens is 338 g/mol. The summed E-state index contributed by atoms with van der Waals surface area (Å²) in [5.74, 6) is 2.77. The highest BCUT2D eigenvalue weighted by atomic mass is 32.2. The summed E-state index contributed by atoms with van der Waals surface area (Å²) in [5.41, 5.74) is 0. The van der Waals surface area contributed by atoms with E-state index in [1.807, 2.05) is 12.1 Å². The molecule has 3 rings (SSSR count). The average molecular weight is 361 g/mol. The fourth-order valence-electron chi connectivity index (χ4n) is 2.84. The van der Waals surface area contributed by atoms with Crippen LogP contribution in [-0.2, 0) is 21.1 Å². The Bertz CT molecular complexity index is 826. The molecule has 6 heteroatoms. The van der Waals surface area contributed by atoms with E-state index in [-0.39, 0.29) is 23.1 Å². The zero-order chi connectivity index (χ0) is 17.9. The molecule has 1 aliphatic carbocycles. The summed E-state index contributed by atoms with van der Waals surface area (Å²) >= 11 is 0. The van der Waals surface area contributed by atoms with Crippen molar-refractivity contribution in [2.45, 2.75) is 37.0 Å². The number of hydrogen-bond donors (Lipinski definition) is 1. The summed E-state index contributed by atoms with van der Waals surface area (Å²) in [6.07, 6.45) is 1.99. The lowest BCUT2D eigenvalue weighted by Gasteiger charge is -2.06. The second-order valence-corrected chi connectivity index (χ2v) is 8.71. The average Bonchev–Trinajstić information content (AvgIpc) is 3.14. The van der Waals surface area contributed by atoms with E-state index < -0.39 is 9.84 Å². The van der Waals surface area contributed by atoms with Crippen molar-refractivity contribution < 1.29 is 17.6 Å². The van der Waals surface area contributed by atoms with Crippen LogP contribution in [0.3, 0.4) is 0 Å². The molecule has 0 spiro atoms. The van der Waals surface area contributed by atoms with Gasteiger partial charge in [0.25, 0.3) is 0 Å². The Morgan fingerprint density at radius 1 is 1.20 bits per heavy atom. The van der Waals surface area contributed by atoms with Gasteiger partial charge in [0.1, 0.15) is 11.5 Å². The maximum absolute atomic E-state index is 12.1. The molecule has 1 amide bonds. The van der Waals surface area contributed by atoms with Gasteiger partial charge in [-0.3, -0.25) is 4.79 Å². The molecule has 0 radical (unpaired) electrons. The summed E-state index contributed by atoms with van der Waals surface area (Å²) < 4.78 is 30.0. The number of carbonyl (C=O) groups is 1. The number of furan rings is 1. The molecule has 1 fully saturated rings. The second-order valence-electron chi connectivity index (χ2n) is 6.61. The quantitative estimate of drug-likeness (QED) is 0.784. The molecule has 1 N–H and O–H groups in total. The van der Waals surface area contributed by atoms with E-state index >= 15 is 0 Å². The lowest BCUT2D eigenvalue weighted by atomic mass is 10.2. The number of nitrogens with one attached hydrogen (secondary N) is 1. The van der Waals surface area contributed by atoms with E-state index in [0.717, 1.165) is 11.5 Å². The first-order valence-electron chi connectivity index (χ1n) is 8.59. The first-order valence-corrected chi connectivity index (χ1v) is 10.2. The van der Waals surface area contributed by atoms with Crippen LogP contribution in [0.25, 0.3) is 0 Å². The van der Waals surface area contributed by atoms with Crippen LogP contribution in [0.2, 0.25) is 0 Å². The van der Waals surface area contributed by atoms with Crippen molar-refractivity contribution in [1.82, 2.24) is 5.32 Å². The molecule has 2 aromatic rings. The Morgan fingerprint density at radius 2 is 1.92 bits per heavy atom. The van der Waals surface area contributed by atoms with Gasteiger partial charge in [0.15, 0.2) is 9.84 Å². The van der Waals surface area contributed by atoms with E-state index in [2.05, 4.69) is 12.2 Å². The van der Waals surface area contributed by atoms with Crippen molar-refractivity contribution in [3.05, 3.63) is 54.0 Å². The Hall–Kier alpha value is -2.08. The molecule has 1 heterocycles. The summed E-state index contributed by atoms with van der Waals surface area (Å²) in [6, 6.07) is 12.2. The predicted octanol–water partition coefficient (Wildman–Crippen LogP) is 2.93. The first kappa shape index (κ1) is 17.7. The normalized spacial score (nSPS) is 19.6. The van der Waals surface area contributed by atoms with Crippen LogP contribution in [0.4, 0.5) is 0 Å². The number of hydrogen-bond acceptors (Lipinski definition) is 4. The molecule has 1 aromatic heterocycles. The molecule has 1 aromatic carbocycles. The smallest absolute Gasteiger partial charge is 0.220 e. The SMILES string of the molecule is CC1CC1c1ccc(CCC(=O)NCCS(=O)(=O)c2ccccc2)o1. The van der Waals surface area contributed by atoms with Crippen molar-refractivity contribution >= 4 is 15.7 Å². The van der Waals surface area contributed by atoms with Crippen molar-refractivity contribution in [2.24, 2.45) is 5.92 Å². The molecule has 2 atom stereocenters. The molecule has 5 nitrogen and oxygen atoms in total. The van der Waals surface area contributed by atoms with Gasteiger partial charge in [0.05, 0.1) is 10.6 Å². The highest BCUT2D eigenvalue weighted by Gasteiger charge is 2.36. The third-order valence-electron chi connectivity index (χ3n) is 4.55. The molecule has 0 bridgehead atoms. The topological polar surface area (TPSA) is 76.4 Å². The molecule has 25 heavy (non-hydrogen) atoms. The first-order chi connectivity index (χ1) is 12.0. The lowest BCUT2D eigenvalue weighted by Crippen LogP contribution is -2.29. The molecular formula is C19H23NO4S. The maximum atomic E-state index is 12.1. The van der Waals surface area contributed by atoms with Gasteiger partial charge in [0.2, 0.25) is 5.91 Å². The zero-order valence-electron chi connectivity index (χ0n) is 14.3. The van der Waals surface area contributed by atoms with E-state index in [0.29, 0.717) is 24.7 Å². The minimum Gasteiger partial charge on any atom is -0.466 e. The molecule has 1 aliphatic rings. The van der Waals surface area contributed by atoms with Gasteiger partial charge in [-0.05, 0) is 36.6 Å². The molecule has 1 saturated carbocycles. The Balaban J connectivity index is 1.40. The van der Waals surface area contributed by atoms with Crippen molar-refractivity contribution in [1.29, 1.82) is 0 Å². The van der Waals surface area contributed by atoms with Crippen LogP contribution in [-0.4, -0.2) is 26.6 Å². The number of sulfone groups is 1. The van der Waals surface area contributed by atoms with Crippen LogP contribution in [0, 0.1) is 5.92 Å². The highest BCUT2D eigenvalue weighted by molar-refractivity contribution is 7.91. The van der Waals surface area contributed by atoms with Gasteiger partial charge in [-0.25, -0.2) is 8.42 Å². The zero-order valence-corrected chi connectivity index (χ0v) is 15.1. The second kappa shape index (κ2) is 7.44. The monoisotopic (exact) mass is 361 g/mol. The fraction of sp³-hybridized carbons (Fsp3) is 0.421. The van der Waals surface area contributed by atoms with E-state index in [9.17, 15) is 13.2 Å². The lowest BCUT2D eigenvalue weighted by molar-refractivity contribution is -0.121. The van der Waals surface area contributed by atoms with E-state index in [1.165, 1.54) is 6.42 Å². The summed E-state index contributed by atoms with van der Waals surface area (Å²) in [4.78, 5) is 12.2. The molecule has 0 aliphatic heterocycles. The largest absolute Gasteiger partial charge is 0.466 e. The number of carbonyl (C=O) groups excluding carboxylic acids is 1. The van der Waals surface area contributed by atoms with Gasteiger partial charge in [0, 0.05) is 25.3 Å². The van der Waals surface area contributed by atoms with Crippen LogP contribution in [0.1, 0.15) is 37.2 Å². The van der Waals surface area contributed by atoms with Crippen molar-refractivity contribution in [3.63, 3.8) is 0 Å². The number of rotatable bonds is 8. The number of benzene rings is 1. The third-order valence-corrected chi connectivity index (χ3v) is 6.28. The van der Waals surface area contributed by atoms with Crippen LogP contribution < -0.4 is 5.32 Å². The number of amides is 1. The number of aryl methyl sites for hydroxylation is 1. The van der Waals surface area contributed by atoms with Crippen molar-refractivity contribution in [2.75, 3.05) is 12.3 Å². The van der Waals surface area contributed by atoms with Gasteiger partial charge in [-0.15, -0.1) is 0 Å². The van der Waals surface area contributed by atoms with Gasteiger partial charge >= 0.3 is 0 Å². The molecule has 2 unspecified atom stereocenters. The third kappa shape index (κ3) is 4.72. The Morgan fingerprint density at radius 3 is 2.60 bits per heavy atom. The van der Waals surface area contributed by atoms with Gasteiger partial charge in [-0.1, -0.05) is 25.1 Å². The van der Waals surface area contributed by atoms with Gasteiger partial charge in [-0.2, -0.15) is 0 Å². The van der Waals surface area contributed by atoms with Gasteiger partial charge < -0.3 is 9.73 Å². The van der Waals surface area contributed by atoms with E-state index in [1.54, 1.807) is 30.3 Å². The van der Waals surface area contributed by atoms with Crippen molar-refractivity contribution in [3.8, 4) is 0 Å². The molecule has 134 valence electrons. The Kier molecular flexibility index (Phi) is 5.27. The molecule has 0 saturated heterocycles. The highest BCUT2D eigenvalue weighted by Crippen LogP contribution is 2.47. The predicted molar refractivity (Wildman–Crippen MR) is 95.1 cm³/mol. The standard InChI is InChI=1S/C19H23NO4S/c1-14-13-17(14)18-9-7-15(24-18)8-10-19(21)20-11-12-25(22,23)16-5-3-2-4-6-16/h2-7,9,14,17H,8,10-13H2,1H3,(H,20,21). The Labute approximate surface area is 148 Å². The minimum atomic E-state index is -3.36. The van der Waals surface area contributed by atoms with E-state index in [4.69, 9.17) is 4.42 Å².